The quantitative estimate of drug-likeness (QED) is 0.810. The molecule has 92 valence electrons. The molecule has 0 bridgehead atoms. The largest absolute Gasteiger partial charge is 0.335 e. The van der Waals surface area contributed by atoms with Crippen LogP contribution in [0.15, 0.2) is 29.3 Å². The first kappa shape index (κ1) is 13.2. The molecule has 1 aliphatic heterocycles. The van der Waals surface area contributed by atoms with Gasteiger partial charge in [0.2, 0.25) is 0 Å². The third-order valence-electron chi connectivity index (χ3n) is 3.23. The lowest BCUT2D eigenvalue weighted by Gasteiger charge is -2.20. The summed E-state index contributed by atoms with van der Waals surface area (Å²) < 4.78 is 1.26. The van der Waals surface area contributed by atoms with E-state index in [0.29, 0.717) is 0 Å². The number of anilines is 1. The van der Waals surface area contributed by atoms with Crippen LogP contribution in [0.2, 0.25) is 0 Å². The zero-order valence-electron chi connectivity index (χ0n) is 10.2. The average molecular weight is 360 g/mol. The Morgan fingerprint density at radius 3 is 2.47 bits per heavy atom. The van der Waals surface area contributed by atoms with Crippen molar-refractivity contribution in [2.75, 3.05) is 11.1 Å². The summed E-state index contributed by atoms with van der Waals surface area (Å²) in [6, 6.07) is 8.41. The van der Waals surface area contributed by atoms with E-state index in [-0.39, 0.29) is 5.54 Å². The maximum Gasteiger partial charge on any atom is 0.161 e. The van der Waals surface area contributed by atoms with Gasteiger partial charge < -0.3 is 5.32 Å². The molecule has 0 aliphatic carbocycles. The van der Waals surface area contributed by atoms with Crippen molar-refractivity contribution in [3.8, 4) is 0 Å². The van der Waals surface area contributed by atoms with Crippen molar-refractivity contribution in [3.63, 3.8) is 0 Å². The number of benzene rings is 1. The molecule has 0 radical (unpaired) electrons. The van der Waals surface area contributed by atoms with Gasteiger partial charge in [0, 0.05) is 15.0 Å². The highest BCUT2D eigenvalue weighted by Crippen LogP contribution is 2.33. The van der Waals surface area contributed by atoms with Crippen LogP contribution >= 0.6 is 34.4 Å². The molecular formula is C13H17IN2S. The zero-order valence-corrected chi connectivity index (χ0v) is 13.1. The van der Waals surface area contributed by atoms with E-state index in [2.05, 4.69) is 66.0 Å². The molecule has 0 aromatic heterocycles. The second kappa shape index (κ2) is 5.61. The molecule has 1 heterocycles. The predicted molar refractivity (Wildman–Crippen MR) is 86.0 cm³/mol. The zero-order chi connectivity index (χ0) is 12.3. The summed E-state index contributed by atoms with van der Waals surface area (Å²) in [5.74, 6) is 1.10. The molecule has 1 aromatic carbocycles. The third kappa shape index (κ3) is 3.16. The predicted octanol–water partition coefficient (Wildman–Crippen LogP) is 4.36. The number of rotatable bonds is 3. The van der Waals surface area contributed by atoms with E-state index in [9.17, 15) is 0 Å². The van der Waals surface area contributed by atoms with E-state index in [0.717, 1.165) is 29.4 Å². The van der Waals surface area contributed by atoms with Crippen LogP contribution in [0.4, 0.5) is 5.69 Å². The molecular weight excluding hydrogens is 343 g/mol. The molecule has 1 N–H and O–H groups in total. The molecule has 1 aliphatic rings. The van der Waals surface area contributed by atoms with Gasteiger partial charge >= 0.3 is 0 Å². The van der Waals surface area contributed by atoms with Crippen LogP contribution in [-0.2, 0) is 0 Å². The second-order valence-corrected chi connectivity index (χ2v) is 6.48. The monoisotopic (exact) mass is 360 g/mol. The molecule has 0 amide bonds. The normalized spacial score (nSPS) is 17.9. The Kier molecular flexibility index (Phi) is 4.36. The Bertz CT molecular complexity index is 410. The summed E-state index contributed by atoms with van der Waals surface area (Å²) in [6.07, 6.45) is 2.24. The lowest BCUT2D eigenvalue weighted by molar-refractivity contribution is 0.456. The maximum absolute atomic E-state index is 4.84. The van der Waals surface area contributed by atoms with Crippen molar-refractivity contribution in [1.82, 2.24) is 0 Å². The lowest BCUT2D eigenvalue weighted by Crippen LogP contribution is -2.24. The van der Waals surface area contributed by atoms with Gasteiger partial charge in [-0.3, -0.25) is 4.99 Å². The van der Waals surface area contributed by atoms with Crippen LogP contribution in [0, 0.1) is 3.57 Å². The minimum absolute atomic E-state index is 0.163. The summed E-state index contributed by atoms with van der Waals surface area (Å²) in [5.41, 5.74) is 1.29. The van der Waals surface area contributed by atoms with Crippen LogP contribution in [0.5, 0.6) is 0 Å². The van der Waals surface area contributed by atoms with Crippen molar-refractivity contribution in [1.29, 1.82) is 0 Å². The maximum atomic E-state index is 4.84. The highest BCUT2D eigenvalue weighted by Gasteiger charge is 2.31. The molecule has 4 heteroatoms. The smallest absolute Gasteiger partial charge is 0.161 e. The van der Waals surface area contributed by atoms with Gasteiger partial charge in [-0.05, 0) is 59.7 Å². The van der Waals surface area contributed by atoms with Crippen LogP contribution < -0.4 is 5.32 Å². The first-order valence-corrected chi connectivity index (χ1v) is 7.99. The molecule has 0 spiro atoms. The summed E-state index contributed by atoms with van der Waals surface area (Å²) in [7, 11) is 0. The Balaban J connectivity index is 2.08. The second-order valence-electron chi connectivity index (χ2n) is 4.27. The molecule has 0 fully saturated rings. The topological polar surface area (TPSA) is 24.4 Å². The van der Waals surface area contributed by atoms with Gasteiger partial charge in [0.15, 0.2) is 5.17 Å². The first-order chi connectivity index (χ1) is 8.17. The van der Waals surface area contributed by atoms with Gasteiger partial charge in [0.25, 0.3) is 0 Å². The molecule has 0 unspecified atom stereocenters. The fraction of sp³-hybridized carbons (Fsp3) is 0.462. The van der Waals surface area contributed by atoms with Crippen molar-refractivity contribution in [3.05, 3.63) is 27.8 Å². The summed E-state index contributed by atoms with van der Waals surface area (Å²) in [5, 5.41) is 4.47. The SMILES string of the molecule is CCC1(CC)CSC(Nc2ccc(I)cc2)=N1. The van der Waals surface area contributed by atoms with Crippen LogP contribution in [0.25, 0.3) is 0 Å². The minimum Gasteiger partial charge on any atom is -0.335 e. The van der Waals surface area contributed by atoms with E-state index < -0.39 is 0 Å². The van der Waals surface area contributed by atoms with Gasteiger partial charge in [0.1, 0.15) is 0 Å². The number of thioether (sulfide) groups is 1. The van der Waals surface area contributed by atoms with Gasteiger partial charge in [0.05, 0.1) is 5.54 Å². The van der Waals surface area contributed by atoms with E-state index in [4.69, 9.17) is 4.99 Å². The van der Waals surface area contributed by atoms with Crippen LogP contribution in [-0.4, -0.2) is 16.5 Å². The highest BCUT2D eigenvalue weighted by atomic mass is 127. The number of hydrogen-bond acceptors (Lipinski definition) is 3. The number of hydrogen-bond donors (Lipinski definition) is 1. The lowest BCUT2D eigenvalue weighted by atomic mass is 9.97. The third-order valence-corrected chi connectivity index (χ3v) is 5.10. The number of amidine groups is 1. The fourth-order valence-electron chi connectivity index (χ4n) is 1.82. The first-order valence-electron chi connectivity index (χ1n) is 5.93. The standard InChI is InChI=1S/C13H17IN2S/c1-3-13(4-2)9-17-12(16-13)15-11-7-5-10(14)6-8-11/h5-8H,3-4,9H2,1-2H3,(H,15,16). The molecule has 2 rings (SSSR count). The molecule has 0 atom stereocenters. The van der Waals surface area contributed by atoms with Gasteiger partial charge in [-0.2, -0.15) is 0 Å². The van der Waals surface area contributed by atoms with Crippen LogP contribution in [0.3, 0.4) is 0 Å². The van der Waals surface area contributed by atoms with Crippen LogP contribution in [0.1, 0.15) is 26.7 Å². The highest BCUT2D eigenvalue weighted by molar-refractivity contribution is 14.1. The van der Waals surface area contributed by atoms with E-state index in [1.165, 1.54) is 3.57 Å². The van der Waals surface area contributed by atoms with E-state index in [1.54, 1.807) is 0 Å². The molecule has 2 nitrogen and oxygen atoms in total. The van der Waals surface area contributed by atoms with Gasteiger partial charge in [-0.1, -0.05) is 25.6 Å². The Labute approximate surface area is 121 Å². The molecule has 1 aromatic rings. The molecule has 0 saturated carbocycles. The molecule has 17 heavy (non-hydrogen) atoms. The number of halogens is 1. The van der Waals surface area contributed by atoms with Crippen molar-refractivity contribution in [2.45, 2.75) is 32.2 Å². The van der Waals surface area contributed by atoms with Crippen molar-refractivity contribution < 1.29 is 0 Å². The molecule has 0 saturated heterocycles. The Morgan fingerprint density at radius 1 is 1.29 bits per heavy atom. The summed E-state index contributed by atoms with van der Waals surface area (Å²) >= 11 is 4.15. The average Bonchev–Trinajstić information content (AvgIpc) is 2.76. The minimum atomic E-state index is 0.163. The number of nitrogens with one attached hydrogen (secondary N) is 1. The number of aliphatic imine (C=N–C) groups is 1. The van der Waals surface area contributed by atoms with Gasteiger partial charge in [-0.15, -0.1) is 0 Å². The van der Waals surface area contributed by atoms with Crippen molar-refractivity contribution >= 4 is 45.2 Å². The summed E-state index contributed by atoms with van der Waals surface area (Å²) in [6.45, 7) is 4.45. The Hall–Kier alpha value is -0.230. The van der Waals surface area contributed by atoms with E-state index in [1.807, 2.05) is 11.8 Å². The van der Waals surface area contributed by atoms with Crippen molar-refractivity contribution in [2.24, 2.45) is 4.99 Å². The Morgan fingerprint density at radius 2 is 1.94 bits per heavy atom. The summed E-state index contributed by atoms with van der Waals surface area (Å²) in [4.78, 5) is 4.84. The van der Waals surface area contributed by atoms with E-state index >= 15 is 0 Å². The van der Waals surface area contributed by atoms with Gasteiger partial charge in [-0.25, -0.2) is 0 Å². The fourth-order valence-corrected chi connectivity index (χ4v) is 3.50. The number of nitrogens with zero attached hydrogens (tertiary/aromatic N) is 1.